The molecule has 0 bridgehead atoms. The topological polar surface area (TPSA) is 86.3 Å². The molecule has 6 heteroatoms. The molecule has 0 aliphatic rings. The van der Waals surface area contributed by atoms with Crippen LogP contribution in [0.15, 0.2) is 30.9 Å². The highest BCUT2D eigenvalue weighted by molar-refractivity contribution is 5.49. The number of hydrogen-bond acceptors (Lipinski definition) is 4. The minimum absolute atomic E-state index is 0.288. The third-order valence-electron chi connectivity index (χ3n) is 2.58. The Kier molecular flexibility index (Phi) is 3.26. The molecule has 0 amide bonds. The van der Waals surface area contributed by atoms with E-state index in [1.165, 1.54) is 12.1 Å². The fraction of sp³-hybridized carbons (Fsp3) is 0.273. The van der Waals surface area contributed by atoms with E-state index >= 15 is 0 Å². The second-order valence-electron chi connectivity index (χ2n) is 4.18. The van der Waals surface area contributed by atoms with Crippen LogP contribution in [0.25, 0.3) is 0 Å². The van der Waals surface area contributed by atoms with Gasteiger partial charge in [-0.15, -0.1) is 6.58 Å². The smallest absolute Gasteiger partial charge is 0.258 e. The lowest BCUT2D eigenvalue weighted by Crippen LogP contribution is -2.13. The van der Waals surface area contributed by atoms with Crippen molar-refractivity contribution in [3.05, 3.63) is 56.6 Å². The molecule has 17 heavy (non-hydrogen) atoms. The average Bonchev–Trinajstić information content (AvgIpc) is 2.28. The summed E-state index contributed by atoms with van der Waals surface area (Å²) in [5.74, 6) is 0. The van der Waals surface area contributed by atoms with Gasteiger partial charge >= 0.3 is 0 Å². The van der Waals surface area contributed by atoms with Crippen LogP contribution in [0.5, 0.6) is 0 Å². The number of nitrogens with zero attached hydrogens (tertiary/aromatic N) is 2. The molecule has 0 aliphatic heterocycles. The molecule has 90 valence electrons. The Morgan fingerprint density at radius 2 is 1.53 bits per heavy atom. The van der Waals surface area contributed by atoms with Crippen LogP contribution in [-0.4, -0.2) is 9.85 Å². The van der Waals surface area contributed by atoms with E-state index in [2.05, 4.69) is 6.58 Å². The first-order valence-corrected chi connectivity index (χ1v) is 4.86. The predicted molar refractivity (Wildman–Crippen MR) is 63.0 cm³/mol. The lowest BCUT2D eigenvalue weighted by atomic mass is 9.84. The number of benzene rings is 1. The molecule has 0 N–H and O–H groups in total. The quantitative estimate of drug-likeness (QED) is 0.456. The Morgan fingerprint density at radius 3 is 1.82 bits per heavy atom. The maximum Gasteiger partial charge on any atom is 0.276 e. The number of nitro groups is 2. The van der Waals surface area contributed by atoms with Gasteiger partial charge in [-0.1, -0.05) is 19.9 Å². The average molecular weight is 236 g/mol. The first-order valence-electron chi connectivity index (χ1n) is 4.86. The molecule has 6 nitrogen and oxygen atoms in total. The molecule has 1 aromatic rings. The standard InChI is InChI=1S/C11H12N2O4/c1-4-11(2,3)8-5-9(12(14)15)7-10(6-8)13(16)17/h4-7H,1H2,2-3H3. The second kappa shape index (κ2) is 4.32. The lowest BCUT2D eigenvalue weighted by molar-refractivity contribution is -0.394. The summed E-state index contributed by atoms with van der Waals surface area (Å²) in [6.45, 7) is 7.18. The fourth-order valence-electron chi connectivity index (χ4n) is 1.30. The first-order chi connectivity index (χ1) is 7.77. The van der Waals surface area contributed by atoms with Crippen molar-refractivity contribution in [2.24, 2.45) is 0 Å². The highest BCUT2D eigenvalue weighted by atomic mass is 16.6. The van der Waals surface area contributed by atoms with Gasteiger partial charge in [0.2, 0.25) is 0 Å². The van der Waals surface area contributed by atoms with Crippen LogP contribution in [0.2, 0.25) is 0 Å². The van der Waals surface area contributed by atoms with Crippen LogP contribution in [0, 0.1) is 20.2 Å². The van der Waals surface area contributed by atoms with E-state index in [0.717, 1.165) is 6.07 Å². The summed E-state index contributed by atoms with van der Waals surface area (Å²) in [5, 5.41) is 21.4. The third kappa shape index (κ3) is 2.66. The van der Waals surface area contributed by atoms with E-state index in [1.807, 2.05) is 0 Å². The van der Waals surface area contributed by atoms with Crippen LogP contribution in [0.3, 0.4) is 0 Å². The minimum atomic E-state index is -0.643. The number of hydrogen-bond donors (Lipinski definition) is 0. The van der Waals surface area contributed by atoms with Crippen LogP contribution in [-0.2, 0) is 5.41 Å². The van der Waals surface area contributed by atoms with Gasteiger partial charge in [0.15, 0.2) is 0 Å². The van der Waals surface area contributed by atoms with Gasteiger partial charge in [-0.05, 0) is 5.56 Å². The van der Waals surface area contributed by atoms with Gasteiger partial charge in [-0.25, -0.2) is 0 Å². The SMILES string of the molecule is C=CC(C)(C)c1cc([N+](=O)[O-])cc([N+](=O)[O-])c1. The maximum atomic E-state index is 10.7. The number of allylic oxidation sites excluding steroid dienone is 1. The molecule has 1 rings (SSSR count). The number of nitro benzene ring substituents is 2. The fourth-order valence-corrected chi connectivity index (χ4v) is 1.30. The molecule has 0 aliphatic carbocycles. The Bertz CT molecular complexity index is 462. The molecule has 1 aromatic carbocycles. The van der Waals surface area contributed by atoms with Gasteiger partial charge in [-0.3, -0.25) is 20.2 Å². The van der Waals surface area contributed by atoms with Crippen LogP contribution < -0.4 is 0 Å². The molecule has 0 saturated carbocycles. The molecule has 0 unspecified atom stereocenters. The van der Waals surface area contributed by atoms with Crippen molar-refractivity contribution < 1.29 is 9.85 Å². The van der Waals surface area contributed by atoms with E-state index < -0.39 is 15.3 Å². The zero-order chi connectivity index (χ0) is 13.2. The molecule has 0 saturated heterocycles. The van der Waals surface area contributed by atoms with Crippen molar-refractivity contribution in [1.29, 1.82) is 0 Å². The Balaban J connectivity index is 3.46. The molecule has 0 heterocycles. The van der Waals surface area contributed by atoms with Crippen molar-refractivity contribution >= 4 is 11.4 Å². The maximum absolute atomic E-state index is 10.7. The van der Waals surface area contributed by atoms with Crippen molar-refractivity contribution in [2.75, 3.05) is 0 Å². The highest BCUT2D eigenvalue weighted by Crippen LogP contribution is 2.31. The van der Waals surface area contributed by atoms with Crippen LogP contribution in [0.4, 0.5) is 11.4 Å². The number of rotatable bonds is 4. The summed E-state index contributed by atoms with van der Waals surface area (Å²) in [4.78, 5) is 20.1. The zero-order valence-corrected chi connectivity index (χ0v) is 9.54. The number of non-ortho nitro benzene ring substituents is 2. The minimum Gasteiger partial charge on any atom is -0.258 e. The predicted octanol–water partition coefficient (Wildman–Crippen LogP) is 2.97. The Morgan fingerprint density at radius 1 is 1.12 bits per heavy atom. The van der Waals surface area contributed by atoms with E-state index in [-0.39, 0.29) is 11.4 Å². The van der Waals surface area contributed by atoms with Crippen molar-refractivity contribution in [1.82, 2.24) is 0 Å². The highest BCUT2D eigenvalue weighted by Gasteiger charge is 2.23. The summed E-state index contributed by atoms with van der Waals surface area (Å²) in [6.07, 6.45) is 1.59. The molecule has 0 atom stereocenters. The van der Waals surface area contributed by atoms with Crippen molar-refractivity contribution in [3.63, 3.8) is 0 Å². The normalized spacial score (nSPS) is 10.9. The summed E-state index contributed by atoms with van der Waals surface area (Å²) < 4.78 is 0. The molecular formula is C11H12N2O4. The molecule has 0 spiro atoms. The van der Waals surface area contributed by atoms with E-state index in [0.29, 0.717) is 5.56 Å². The monoisotopic (exact) mass is 236 g/mol. The van der Waals surface area contributed by atoms with Gasteiger partial charge in [0, 0.05) is 17.5 Å². The largest absolute Gasteiger partial charge is 0.276 e. The first kappa shape index (κ1) is 12.8. The van der Waals surface area contributed by atoms with Crippen LogP contribution in [0.1, 0.15) is 19.4 Å². The van der Waals surface area contributed by atoms with Gasteiger partial charge in [-0.2, -0.15) is 0 Å². The lowest BCUT2D eigenvalue weighted by Gasteiger charge is -2.19. The molecule has 0 radical (unpaired) electrons. The second-order valence-corrected chi connectivity index (χ2v) is 4.18. The molecular weight excluding hydrogens is 224 g/mol. The van der Waals surface area contributed by atoms with Gasteiger partial charge < -0.3 is 0 Å². The van der Waals surface area contributed by atoms with Gasteiger partial charge in [0.05, 0.1) is 15.9 Å². The summed E-state index contributed by atoms with van der Waals surface area (Å²) in [7, 11) is 0. The molecule has 0 fully saturated rings. The Labute approximate surface area is 97.9 Å². The summed E-state index contributed by atoms with van der Waals surface area (Å²) >= 11 is 0. The van der Waals surface area contributed by atoms with Gasteiger partial charge in [0.1, 0.15) is 0 Å². The van der Waals surface area contributed by atoms with Gasteiger partial charge in [0.25, 0.3) is 11.4 Å². The van der Waals surface area contributed by atoms with Crippen molar-refractivity contribution in [3.8, 4) is 0 Å². The Hall–Kier alpha value is -2.24. The van der Waals surface area contributed by atoms with E-state index in [1.54, 1.807) is 19.9 Å². The van der Waals surface area contributed by atoms with Crippen molar-refractivity contribution in [2.45, 2.75) is 19.3 Å². The third-order valence-corrected chi connectivity index (χ3v) is 2.58. The zero-order valence-electron chi connectivity index (χ0n) is 9.54. The van der Waals surface area contributed by atoms with Crippen LogP contribution >= 0.6 is 0 Å². The summed E-state index contributed by atoms with van der Waals surface area (Å²) in [5.41, 5.74) is -0.641. The van der Waals surface area contributed by atoms with E-state index in [4.69, 9.17) is 0 Å². The summed E-state index contributed by atoms with van der Waals surface area (Å²) in [6, 6.07) is 3.60. The van der Waals surface area contributed by atoms with E-state index in [9.17, 15) is 20.2 Å². The molecule has 0 aromatic heterocycles.